The van der Waals surface area contributed by atoms with Gasteiger partial charge in [0.2, 0.25) is 0 Å². The van der Waals surface area contributed by atoms with Gasteiger partial charge >= 0.3 is 0 Å². The number of benzene rings is 2. The van der Waals surface area contributed by atoms with Gasteiger partial charge in [0.05, 0.1) is 0 Å². The molecule has 0 aliphatic heterocycles. The normalized spacial score (nSPS) is 10.3. The van der Waals surface area contributed by atoms with Gasteiger partial charge in [-0.25, -0.2) is 0 Å². The SMILES string of the molecule is CC(=O)c1c(C)cc(OCc2ccccc2)cc1I. The van der Waals surface area contributed by atoms with Crippen LogP contribution in [-0.4, -0.2) is 5.78 Å². The Morgan fingerprint density at radius 1 is 1.21 bits per heavy atom. The van der Waals surface area contributed by atoms with Crippen molar-refractivity contribution in [1.29, 1.82) is 0 Å². The zero-order chi connectivity index (χ0) is 13.8. The fraction of sp³-hybridized carbons (Fsp3) is 0.188. The quantitative estimate of drug-likeness (QED) is 0.593. The van der Waals surface area contributed by atoms with Crippen molar-refractivity contribution in [2.75, 3.05) is 0 Å². The number of hydrogen-bond donors (Lipinski definition) is 0. The number of Topliss-reactive ketones (excluding diaryl/α,β-unsaturated/α-hetero) is 1. The van der Waals surface area contributed by atoms with Crippen molar-refractivity contribution >= 4 is 28.4 Å². The average Bonchev–Trinajstić information content (AvgIpc) is 2.36. The van der Waals surface area contributed by atoms with E-state index in [0.29, 0.717) is 6.61 Å². The Morgan fingerprint density at radius 2 is 1.89 bits per heavy atom. The highest BCUT2D eigenvalue weighted by Gasteiger charge is 2.11. The van der Waals surface area contributed by atoms with E-state index in [-0.39, 0.29) is 5.78 Å². The lowest BCUT2D eigenvalue weighted by Gasteiger charge is -2.11. The maximum atomic E-state index is 11.5. The minimum Gasteiger partial charge on any atom is -0.489 e. The van der Waals surface area contributed by atoms with Crippen LogP contribution in [0.5, 0.6) is 5.75 Å². The van der Waals surface area contributed by atoms with Crippen LogP contribution in [0.3, 0.4) is 0 Å². The molecule has 0 aliphatic carbocycles. The van der Waals surface area contributed by atoms with Crippen LogP contribution in [0.15, 0.2) is 42.5 Å². The summed E-state index contributed by atoms with van der Waals surface area (Å²) in [7, 11) is 0. The highest BCUT2D eigenvalue weighted by molar-refractivity contribution is 14.1. The second-order valence-electron chi connectivity index (χ2n) is 4.43. The fourth-order valence-electron chi connectivity index (χ4n) is 1.98. The molecule has 0 fully saturated rings. The first kappa shape index (κ1) is 14.1. The van der Waals surface area contributed by atoms with E-state index in [9.17, 15) is 4.79 Å². The topological polar surface area (TPSA) is 26.3 Å². The Bertz CT molecular complexity index is 568. The van der Waals surface area contributed by atoms with Gasteiger partial charge in [-0.2, -0.15) is 0 Å². The number of ether oxygens (including phenoxy) is 1. The minimum absolute atomic E-state index is 0.0940. The van der Waals surface area contributed by atoms with Crippen molar-refractivity contribution < 1.29 is 9.53 Å². The van der Waals surface area contributed by atoms with E-state index in [0.717, 1.165) is 26.0 Å². The Kier molecular flexibility index (Phi) is 4.58. The van der Waals surface area contributed by atoms with E-state index in [2.05, 4.69) is 22.6 Å². The van der Waals surface area contributed by atoms with Crippen molar-refractivity contribution in [1.82, 2.24) is 0 Å². The van der Waals surface area contributed by atoms with Crippen LogP contribution < -0.4 is 4.74 Å². The molecule has 0 amide bonds. The Labute approximate surface area is 126 Å². The summed E-state index contributed by atoms with van der Waals surface area (Å²) in [6.45, 7) is 4.07. The molecule has 3 heteroatoms. The second kappa shape index (κ2) is 6.19. The molecule has 2 rings (SSSR count). The lowest BCUT2D eigenvalue weighted by molar-refractivity contribution is 0.101. The van der Waals surface area contributed by atoms with Crippen molar-refractivity contribution in [2.24, 2.45) is 0 Å². The van der Waals surface area contributed by atoms with Gasteiger partial charge < -0.3 is 4.74 Å². The van der Waals surface area contributed by atoms with Gasteiger partial charge in [-0.05, 0) is 59.7 Å². The molecule has 0 aromatic heterocycles. The lowest BCUT2D eigenvalue weighted by atomic mass is 10.1. The van der Waals surface area contributed by atoms with Crippen molar-refractivity contribution in [3.05, 3.63) is 62.7 Å². The summed E-state index contributed by atoms with van der Waals surface area (Å²) in [6, 6.07) is 13.9. The van der Waals surface area contributed by atoms with Crippen molar-refractivity contribution in [3.8, 4) is 5.75 Å². The molecule has 0 atom stereocenters. The molecule has 0 spiro atoms. The summed E-state index contributed by atoms with van der Waals surface area (Å²) in [6.07, 6.45) is 0. The summed E-state index contributed by atoms with van der Waals surface area (Å²) in [5.74, 6) is 0.896. The summed E-state index contributed by atoms with van der Waals surface area (Å²) in [4.78, 5) is 11.5. The summed E-state index contributed by atoms with van der Waals surface area (Å²) < 4.78 is 6.71. The van der Waals surface area contributed by atoms with Crippen molar-refractivity contribution in [2.45, 2.75) is 20.5 Å². The molecule has 0 heterocycles. The first-order valence-electron chi connectivity index (χ1n) is 6.05. The van der Waals surface area contributed by atoms with Gasteiger partial charge in [0, 0.05) is 9.13 Å². The Balaban J connectivity index is 2.16. The molecule has 2 nitrogen and oxygen atoms in total. The van der Waals surface area contributed by atoms with Gasteiger partial charge in [0.25, 0.3) is 0 Å². The predicted molar refractivity (Wildman–Crippen MR) is 84.7 cm³/mol. The second-order valence-corrected chi connectivity index (χ2v) is 5.59. The molecule has 19 heavy (non-hydrogen) atoms. The Morgan fingerprint density at radius 3 is 2.47 bits per heavy atom. The van der Waals surface area contributed by atoms with Crippen LogP contribution >= 0.6 is 22.6 Å². The minimum atomic E-state index is 0.0940. The fourth-order valence-corrected chi connectivity index (χ4v) is 3.09. The van der Waals surface area contributed by atoms with Crippen LogP contribution in [0.1, 0.15) is 28.4 Å². The molecule has 0 N–H and O–H groups in total. The molecule has 0 saturated heterocycles. The van der Waals surface area contributed by atoms with Crippen LogP contribution in [0.25, 0.3) is 0 Å². The molecule has 0 aliphatic rings. The highest BCUT2D eigenvalue weighted by atomic mass is 127. The molecular weight excluding hydrogens is 351 g/mol. The molecule has 0 saturated carbocycles. The Hall–Kier alpha value is -1.36. The van der Waals surface area contributed by atoms with Crippen LogP contribution in [-0.2, 0) is 6.61 Å². The van der Waals surface area contributed by atoms with E-state index < -0.39 is 0 Å². The maximum Gasteiger partial charge on any atom is 0.161 e. The molecule has 0 radical (unpaired) electrons. The largest absolute Gasteiger partial charge is 0.489 e. The van der Waals surface area contributed by atoms with Crippen LogP contribution in [0.4, 0.5) is 0 Å². The van der Waals surface area contributed by atoms with Gasteiger partial charge in [-0.3, -0.25) is 4.79 Å². The summed E-state index contributed by atoms with van der Waals surface area (Å²) in [5, 5.41) is 0. The smallest absolute Gasteiger partial charge is 0.161 e. The number of ketones is 1. The van der Waals surface area contributed by atoms with Gasteiger partial charge in [0.15, 0.2) is 5.78 Å². The molecular formula is C16H15IO2. The summed E-state index contributed by atoms with van der Waals surface area (Å²) in [5.41, 5.74) is 2.88. The third-order valence-electron chi connectivity index (χ3n) is 2.86. The van der Waals surface area contributed by atoms with Gasteiger partial charge in [0.1, 0.15) is 12.4 Å². The highest BCUT2D eigenvalue weighted by Crippen LogP contribution is 2.25. The van der Waals surface area contributed by atoms with E-state index in [4.69, 9.17) is 4.74 Å². The average molecular weight is 366 g/mol. The number of halogens is 1. The first-order chi connectivity index (χ1) is 9.08. The monoisotopic (exact) mass is 366 g/mol. The first-order valence-corrected chi connectivity index (χ1v) is 7.13. The van der Waals surface area contributed by atoms with E-state index in [1.165, 1.54) is 0 Å². The predicted octanol–water partition coefficient (Wildman–Crippen LogP) is 4.38. The van der Waals surface area contributed by atoms with E-state index in [1.54, 1.807) is 6.92 Å². The maximum absolute atomic E-state index is 11.5. The number of hydrogen-bond acceptors (Lipinski definition) is 2. The molecule has 2 aromatic carbocycles. The number of carbonyl (C=O) groups is 1. The molecule has 0 bridgehead atoms. The van der Waals surface area contributed by atoms with Crippen molar-refractivity contribution in [3.63, 3.8) is 0 Å². The number of rotatable bonds is 4. The number of aryl methyl sites for hydroxylation is 1. The molecule has 2 aromatic rings. The molecule has 0 unspecified atom stereocenters. The standard InChI is InChI=1S/C16H15IO2/c1-11-8-14(9-15(17)16(11)12(2)18)19-10-13-6-4-3-5-7-13/h3-9H,10H2,1-2H3. The zero-order valence-electron chi connectivity index (χ0n) is 10.9. The van der Waals surface area contributed by atoms with Gasteiger partial charge in [-0.15, -0.1) is 0 Å². The molecule has 98 valence electrons. The third-order valence-corrected chi connectivity index (χ3v) is 3.71. The lowest BCUT2D eigenvalue weighted by Crippen LogP contribution is -2.02. The van der Waals surface area contributed by atoms with Crippen LogP contribution in [0, 0.1) is 10.5 Å². The van der Waals surface area contributed by atoms with Crippen LogP contribution in [0.2, 0.25) is 0 Å². The zero-order valence-corrected chi connectivity index (χ0v) is 13.1. The summed E-state index contributed by atoms with van der Waals surface area (Å²) >= 11 is 2.18. The van der Waals surface area contributed by atoms with E-state index >= 15 is 0 Å². The third kappa shape index (κ3) is 3.56. The number of carbonyl (C=O) groups excluding carboxylic acids is 1. The van der Waals surface area contributed by atoms with Gasteiger partial charge in [-0.1, -0.05) is 30.3 Å². The van der Waals surface area contributed by atoms with E-state index in [1.807, 2.05) is 49.4 Å².